The van der Waals surface area contributed by atoms with Crippen molar-refractivity contribution in [3.8, 4) is 22.6 Å². The Balaban J connectivity index is 1.94. The van der Waals surface area contributed by atoms with Crippen LogP contribution >= 0.6 is 15.9 Å². The van der Waals surface area contributed by atoms with Gasteiger partial charge in [0.2, 0.25) is 0 Å². The van der Waals surface area contributed by atoms with Gasteiger partial charge in [-0.2, -0.15) is 0 Å². The van der Waals surface area contributed by atoms with E-state index in [1.54, 1.807) is 18.2 Å². The van der Waals surface area contributed by atoms with E-state index in [9.17, 15) is 14.6 Å². The largest absolute Gasteiger partial charge is 0.507 e. The molecular formula is C30H31BrFNO2. The molecular weight excluding hydrogens is 505 g/mol. The van der Waals surface area contributed by atoms with Crippen molar-refractivity contribution < 1.29 is 14.6 Å². The Kier molecular flexibility index (Phi) is 8.09. The predicted octanol–water partition coefficient (Wildman–Crippen LogP) is 7.70. The quantitative estimate of drug-likeness (QED) is 0.290. The number of allylic oxidation sites excluding steroid dienone is 2. The summed E-state index contributed by atoms with van der Waals surface area (Å²) >= 11 is 3.34. The van der Waals surface area contributed by atoms with Crippen LogP contribution in [0.25, 0.3) is 11.1 Å². The van der Waals surface area contributed by atoms with E-state index in [0.29, 0.717) is 28.4 Å². The van der Waals surface area contributed by atoms with Crippen LogP contribution in [0.15, 0.2) is 78.3 Å². The summed E-state index contributed by atoms with van der Waals surface area (Å²) in [6.07, 6.45) is 8.24. The molecule has 3 aromatic rings. The molecule has 1 heterocycles. The Labute approximate surface area is 215 Å². The number of aromatic hydroxyl groups is 2. The molecule has 5 heteroatoms. The number of phenols is 2. The first-order chi connectivity index (χ1) is 16.9. The Bertz CT molecular complexity index is 1230. The molecule has 1 aliphatic heterocycles. The average Bonchev–Trinajstić information content (AvgIpc) is 2.85. The lowest BCUT2D eigenvalue weighted by Gasteiger charge is -2.36. The van der Waals surface area contributed by atoms with Crippen LogP contribution in [0.1, 0.15) is 47.6 Å². The van der Waals surface area contributed by atoms with Crippen molar-refractivity contribution in [2.24, 2.45) is 0 Å². The lowest BCUT2D eigenvalue weighted by Crippen LogP contribution is -2.34. The van der Waals surface area contributed by atoms with Crippen molar-refractivity contribution in [3.05, 3.63) is 106 Å². The van der Waals surface area contributed by atoms with E-state index in [-0.39, 0.29) is 23.4 Å². The third-order valence-electron chi connectivity index (χ3n) is 6.62. The first-order valence-electron chi connectivity index (χ1n) is 12.0. The van der Waals surface area contributed by atoms with E-state index in [1.165, 1.54) is 12.5 Å². The van der Waals surface area contributed by atoms with Gasteiger partial charge in [-0.3, -0.25) is 4.90 Å². The second-order valence-corrected chi connectivity index (χ2v) is 9.95. The second-order valence-electron chi connectivity index (χ2n) is 9.09. The maximum absolute atomic E-state index is 14.1. The zero-order chi connectivity index (χ0) is 24.9. The van der Waals surface area contributed by atoms with Gasteiger partial charge in [-0.1, -0.05) is 30.7 Å². The van der Waals surface area contributed by atoms with Crippen molar-refractivity contribution in [3.63, 3.8) is 0 Å². The predicted molar refractivity (Wildman–Crippen MR) is 144 cm³/mol. The van der Waals surface area contributed by atoms with E-state index in [0.717, 1.165) is 48.2 Å². The van der Waals surface area contributed by atoms with Gasteiger partial charge < -0.3 is 10.2 Å². The summed E-state index contributed by atoms with van der Waals surface area (Å²) in [5.74, 6) is -0.0887. The van der Waals surface area contributed by atoms with Gasteiger partial charge in [-0.25, -0.2) is 4.39 Å². The normalized spacial score (nSPS) is 15.0. The number of halogens is 2. The van der Waals surface area contributed by atoms with Crippen molar-refractivity contribution in [1.29, 1.82) is 0 Å². The Morgan fingerprint density at radius 3 is 2.26 bits per heavy atom. The maximum Gasteiger partial charge on any atom is 0.137 e. The molecule has 0 aromatic heterocycles. The van der Waals surface area contributed by atoms with Crippen LogP contribution in [0.3, 0.4) is 0 Å². The zero-order valence-corrected chi connectivity index (χ0v) is 21.4. The molecule has 0 radical (unpaired) electrons. The molecule has 0 bridgehead atoms. The van der Waals surface area contributed by atoms with Gasteiger partial charge in [-0.05, 0) is 108 Å². The van der Waals surface area contributed by atoms with Gasteiger partial charge in [0, 0.05) is 16.7 Å². The minimum Gasteiger partial charge on any atom is -0.507 e. The van der Waals surface area contributed by atoms with Crippen molar-refractivity contribution in [1.82, 2.24) is 4.90 Å². The van der Waals surface area contributed by atoms with E-state index in [1.807, 2.05) is 36.4 Å². The lowest BCUT2D eigenvalue weighted by atomic mass is 9.88. The number of likely N-dealkylation sites (tertiary alicyclic amines) is 1. The highest BCUT2D eigenvalue weighted by Gasteiger charge is 2.29. The van der Waals surface area contributed by atoms with E-state index >= 15 is 0 Å². The van der Waals surface area contributed by atoms with Crippen molar-refractivity contribution >= 4 is 15.9 Å². The third kappa shape index (κ3) is 5.52. The number of hydrogen-bond acceptors (Lipinski definition) is 3. The van der Waals surface area contributed by atoms with Crippen molar-refractivity contribution in [2.75, 3.05) is 13.1 Å². The molecule has 1 atom stereocenters. The molecule has 1 fully saturated rings. The zero-order valence-electron chi connectivity index (χ0n) is 19.8. The number of piperidine rings is 1. The fourth-order valence-corrected chi connectivity index (χ4v) is 5.35. The lowest BCUT2D eigenvalue weighted by molar-refractivity contribution is 0.185. The first kappa shape index (κ1) is 25.2. The second kappa shape index (κ2) is 11.2. The Hall–Kier alpha value is -2.89. The van der Waals surface area contributed by atoms with Gasteiger partial charge in [0.15, 0.2) is 0 Å². The molecule has 0 saturated carbocycles. The highest BCUT2D eigenvalue weighted by molar-refractivity contribution is 9.10. The highest BCUT2D eigenvalue weighted by Crippen LogP contribution is 2.44. The van der Waals surface area contributed by atoms with Gasteiger partial charge in [0.1, 0.15) is 17.3 Å². The molecule has 3 nitrogen and oxygen atoms in total. The number of benzene rings is 3. The summed E-state index contributed by atoms with van der Waals surface area (Å²) in [4.78, 5) is 2.35. The van der Waals surface area contributed by atoms with Crippen LogP contribution < -0.4 is 0 Å². The van der Waals surface area contributed by atoms with E-state index < -0.39 is 0 Å². The fraction of sp³-hybridized carbons (Fsp3) is 0.267. The minimum absolute atomic E-state index is 0.105. The molecule has 0 spiro atoms. The standard InChI is InChI=1S/C30H31BrFNO2/c1-3-8-20-10-13-28(34)23(16-20)24-17-21(9-4-2)18-25(30(24)35)29(33-14-6-5-7-15-33)22-11-12-27(32)26(31)19-22/h3-4,10-13,16-19,29,34-35H,1-2,5-9,14-15H2. The molecule has 2 N–H and O–H groups in total. The molecule has 4 rings (SSSR count). The minimum atomic E-state index is -0.319. The topological polar surface area (TPSA) is 43.7 Å². The average molecular weight is 536 g/mol. The summed E-state index contributed by atoms with van der Waals surface area (Å²) in [6, 6.07) is 14.2. The summed E-state index contributed by atoms with van der Waals surface area (Å²) in [5.41, 5.74) is 4.78. The number of rotatable bonds is 8. The number of phenolic OH excluding ortho intramolecular Hbond substituents is 2. The SMILES string of the molecule is C=CCc1ccc(O)c(-c2cc(CC=C)cc(C(c3ccc(F)c(Br)c3)N3CCCCC3)c2O)c1. The number of nitrogens with zero attached hydrogens (tertiary/aromatic N) is 1. The molecule has 3 aromatic carbocycles. The smallest absolute Gasteiger partial charge is 0.137 e. The Morgan fingerprint density at radius 1 is 0.886 bits per heavy atom. The maximum atomic E-state index is 14.1. The third-order valence-corrected chi connectivity index (χ3v) is 7.23. The monoisotopic (exact) mass is 535 g/mol. The highest BCUT2D eigenvalue weighted by atomic mass is 79.9. The van der Waals surface area contributed by atoms with Crippen molar-refractivity contribution in [2.45, 2.75) is 38.1 Å². The van der Waals surface area contributed by atoms with Gasteiger partial charge in [-0.15, -0.1) is 13.2 Å². The molecule has 1 aliphatic rings. The molecule has 0 aliphatic carbocycles. The molecule has 35 heavy (non-hydrogen) atoms. The first-order valence-corrected chi connectivity index (χ1v) is 12.8. The van der Waals surface area contributed by atoms with Crippen LogP contribution in [-0.4, -0.2) is 28.2 Å². The van der Waals surface area contributed by atoms with E-state index in [4.69, 9.17) is 0 Å². The Morgan fingerprint density at radius 2 is 1.57 bits per heavy atom. The molecule has 1 unspecified atom stereocenters. The fourth-order valence-electron chi connectivity index (χ4n) is 4.96. The van der Waals surface area contributed by atoms with Crippen LogP contribution in [0, 0.1) is 5.82 Å². The molecule has 1 saturated heterocycles. The summed E-state index contributed by atoms with van der Waals surface area (Å²) in [7, 11) is 0. The van der Waals surface area contributed by atoms with Crippen LogP contribution in [0.2, 0.25) is 0 Å². The van der Waals surface area contributed by atoms with Gasteiger partial charge >= 0.3 is 0 Å². The van der Waals surface area contributed by atoms with Crippen LogP contribution in [0.4, 0.5) is 4.39 Å². The molecule has 182 valence electrons. The summed E-state index contributed by atoms with van der Waals surface area (Å²) < 4.78 is 14.5. The van der Waals surface area contributed by atoms with Gasteiger partial charge in [0.25, 0.3) is 0 Å². The van der Waals surface area contributed by atoms with Crippen LogP contribution in [0.5, 0.6) is 11.5 Å². The molecule has 0 amide bonds. The number of hydrogen-bond donors (Lipinski definition) is 2. The summed E-state index contributed by atoms with van der Waals surface area (Å²) in [6.45, 7) is 9.49. The van der Waals surface area contributed by atoms with Gasteiger partial charge in [0.05, 0.1) is 10.5 Å². The summed E-state index contributed by atoms with van der Waals surface area (Å²) in [5, 5.41) is 22.4. The van der Waals surface area contributed by atoms with Crippen LogP contribution in [-0.2, 0) is 12.8 Å². The van der Waals surface area contributed by atoms with E-state index in [2.05, 4.69) is 34.0 Å².